The van der Waals surface area contributed by atoms with E-state index in [2.05, 4.69) is 0 Å². The first-order valence-electron chi connectivity index (χ1n) is 6.80. The van der Waals surface area contributed by atoms with Gasteiger partial charge in [0.25, 0.3) is 0 Å². The molecule has 0 aromatic heterocycles. The molecule has 4 heteroatoms. The van der Waals surface area contributed by atoms with Crippen molar-refractivity contribution in [3.8, 4) is 11.5 Å². The van der Waals surface area contributed by atoms with Crippen molar-refractivity contribution < 1.29 is 19.0 Å². The lowest BCUT2D eigenvalue weighted by Crippen LogP contribution is -2.11. The first-order chi connectivity index (χ1) is 10.0. The summed E-state index contributed by atoms with van der Waals surface area (Å²) in [5.74, 6) is 0.327. The zero-order chi connectivity index (χ0) is 15.4. The molecule has 0 saturated carbocycles. The van der Waals surface area contributed by atoms with E-state index in [-0.39, 0.29) is 11.7 Å². The van der Waals surface area contributed by atoms with Gasteiger partial charge in [-0.3, -0.25) is 0 Å². The fraction of sp³-hybridized carbons (Fsp3) is 0.294. The van der Waals surface area contributed by atoms with Crippen LogP contribution in [0.3, 0.4) is 0 Å². The second kappa shape index (κ2) is 6.59. The summed E-state index contributed by atoms with van der Waals surface area (Å²) in [6.45, 7) is 3.79. The van der Waals surface area contributed by atoms with Crippen LogP contribution in [0, 0.1) is 5.82 Å². The van der Waals surface area contributed by atoms with E-state index in [0.717, 1.165) is 0 Å². The zero-order valence-corrected chi connectivity index (χ0v) is 12.3. The average molecular weight is 290 g/mol. The number of hydrogen-bond acceptors (Lipinski definition) is 3. The maximum atomic E-state index is 14.1. The van der Waals surface area contributed by atoms with Gasteiger partial charge in [-0.05, 0) is 32.0 Å². The highest BCUT2D eigenvalue weighted by molar-refractivity contribution is 5.45. The molecule has 0 fully saturated rings. The summed E-state index contributed by atoms with van der Waals surface area (Å²) in [6, 6.07) is 11.5. The molecule has 0 aliphatic carbocycles. The van der Waals surface area contributed by atoms with E-state index in [1.807, 2.05) is 19.9 Å². The van der Waals surface area contributed by atoms with Crippen LogP contribution in [0.5, 0.6) is 11.5 Å². The van der Waals surface area contributed by atoms with Gasteiger partial charge in [-0.25, -0.2) is 4.39 Å². The number of ether oxygens (including phenoxy) is 2. The number of aliphatic hydroxyl groups is 1. The Kier molecular flexibility index (Phi) is 4.81. The lowest BCUT2D eigenvalue weighted by molar-refractivity contribution is 0.191. The maximum absolute atomic E-state index is 14.1. The van der Waals surface area contributed by atoms with Gasteiger partial charge in [0.1, 0.15) is 23.4 Å². The van der Waals surface area contributed by atoms with Gasteiger partial charge >= 0.3 is 0 Å². The molecule has 0 heterocycles. The summed E-state index contributed by atoms with van der Waals surface area (Å²) < 4.78 is 24.9. The molecule has 21 heavy (non-hydrogen) atoms. The molecule has 0 aliphatic heterocycles. The molecule has 2 aromatic rings. The van der Waals surface area contributed by atoms with E-state index >= 15 is 0 Å². The highest BCUT2D eigenvalue weighted by Crippen LogP contribution is 2.36. The number of benzene rings is 2. The van der Waals surface area contributed by atoms with Gasteiger partial charge in [0.05, 0.1) is 18.8 Å². The van der Waals surface area contributed by atoms with Crippen molar-refractivity contribution in [2.24, 2.45) is 0 Å². The van der Waals surface area contributed by atoms with Crippen LogP contribution in [-0.4, -0.2) is 18.3 Å². The Morgan fingerprint density at radius 1 is 1.00 bits per heavy atom. The largest absolute Gasteiger partial charge is 0.496 e. The summed E-state index contributed by atoms with van der Waals surface area (Å²) in [6.07, 6.45) is -1.20. The molecule has 0 aliphatic rings. The normalized spacial score (nSPS) is 12.3. The Bertz CT molecular complexity index is 611. The Morgan fingerprint density at radius 2 is 1.67 bits per heavy atom. The maximum Gasteiger partial charge on any atom is 0.133 e. The van der Waals surface area contributed by atoms with Gasteiger partial charge in [-0.1, -0.05) is 24.3 Å². The third kappa shape index (κ3) is 3.34. The molecule has 1 atom stereocenters. The molecule has 0 spiro atoms. The molecule has 0 radical (unpaired) electrons. The Labute approximate surface area is 124 Å². The van der Waals surface area contributed by atoms with Gasteiger partial charge in [-0.15, -0.1) is 0 Å². The highest BCUT2D eigenvalue weighted by Gasteiger charge is 2.23. The summed E-state index contributed by atoms with van der Waals surface area (Å²) in [7, 11) is 1.45. The SMILES string of the molecule is COc1cccc(F)c1C(O)c1ccccc1OC(C)C. The van der Waals surface area contributed by atoms with Gasteiger partial charge in [0, 0.05) is 5.56 Å². The van der Waals surface area contributed by atoms with E-state index in [9.17, 15) is 9.50 Å². The minimum atomic E-state index is -1.16. The van der Waals surface area contributed by atoms with Crippen LogP contribution in [0.2, 0.25) is 0 Å². The van der Waals surface area contributed by atoms with Gasteiger partial charge in [-0.2, -0.15) is 0 Å². The van der Waals surface area contributed by atoms with Gasteiger partial charge in [0.2, 0.25) is 0 Å². The third-order valence-electron chi connectivity index (χ3n) is 3.08. The molecular weight excluding hydrogens is 271 g/mol. The fourth-order valence-electron chi connectivity index (χ4n) is 2.18. The standard InChI is InChI=1S/C17H19FO3/c1-11(2)21-14-9-5-4-7-12(14)17(19)16-13(18)8-6-10-15(16)20-3/h4-11,17,19H,1-3H3. The molecule has 1 unspecified atom stereocenters. The van der Waals surface area contributed by atoms with E-state index in [1.54, 1.807) is 30.3 Å². The lowest BCUT2D eigenvalue weighted by atomic mass is 9.99. The van der Waals surface area contributed by atoms with Gasteiger partial charge < -0.3 is 14.6 Å². The van der Waals surface area contributed by atoms with Crippen LogP contribution in [0.25, 0.3) is 0 Å². The molecule has 3 nitrogen and oxygen atoms in total. The summed E-state index contributed by atoms with van der Waals surface area (Å²) in [4.78, 5) is 0. The predicted octanol–water partition coefficient (Wildman–Crippen LogP) is 3.70. The van der Waals surface area contributed by atoms with Crippen LogP contribution in [0.1, 0.15) is 31.1 Å². The van der Waals surface area contributed by atoms with Crippen molar-refractivity contribution in [2.75, 3.05) is 7.11 Å². The summed E-state index contributed by atoms with van der Waals surface area (Å²) in [5, 5.41) is 10.6. The molecular formula is C17H19FO3. The monoisotopic (exact) mass is 290 g/mol. The minimum Gasteiger partial charge on any atom is -0.496 e. The number of hydrogen-bond donors (Lipinski definition) is 1. The van der Waals surface area contributed by atoms with Crippen LogP contribution >= 0.6 is 0 Å². The Morgan fingerprint density at radius 3 is 2.33 bits per heavy atom. The predicted molar refractivity (Wildman–Crippen MR) is 79.2 cm³/mol. The number of halogens is 1. The number of methoxy groups -OCH3 is 1. The smallest absolute Gasteiger partial charge is 0.133 e. The Hall–Kier alpha value is -2.07. The van der Waals surface area contributed by atoms with Crippen molar-refractivity contribution in [3.05, 3.63) is 59.4 Å². The topological polar surface area (TPSA) is 38.7 Å². The van der Waals surface area contributed by atoms with Crippen LogP contribution in [0.15, 0.2) is 42.5 Å². The van der Waals surface area contributed by atoms with Crippen molar-refractivity contribution in [1.82, 2.24) is 0 Å². The molecule has 1 N–H and O–H groups in total. The Balaban J connectivity index is 2.48. The van der Waals surface area contributed by atoms with Crippen LogP contribution < -0.4 is 9.47 Å². The van der Waals surface area contributed by atoms with Crippen LogP contribution in [0.4, 0.5) is 4.39 Å². The average Bonchev–Trinajstić information content (AvgIpc) is 2.46. The summed E-state index contributed by atoms with van der Waals surface area (Å²) >= 11 is 0. The fourth-order valence-corrected chi connectivity index (χ4v) is 2.18. The van der Waals surface area contributed by atoms with E-state index in [1.165, 1.54) is 13.2 Å². The number of rotatable bonds is 5. The van der Waals surface area contributed by atoms with E-state index < -0.39 is 11.9 Å². The van der Waals surface area contributed by atoms with Crippen molar-refractivity contribution in [1.29, 1.82) is 0 Å². The molecule has 0 amide bonds. The second-order valence-electron chi connectivity index (χ2n) is 4.96. The minimum absolute atomic E-state index is 0.0409. The highest BCUT2D eigenvalue weighted by atomic mass is 19.1. The first-order valence-corrected chi connectivity index (χ1v) is 6.80. The van der Waals surface area contributed by atoms with Crippen LogP contribution in [-0.2, 0) is 0 Å². The lowest BCUT2D eigenvalue weighted by Gasteiger charge is -2.20. The first kappa shape index (κ1) is 15.3. The molecule has 0 bridgehead atoms. The molecule has 0 saturated heterocycles. The molecule has 2 rings (SSSR count). The van der Waals surface area contributed by atoms with E-state index in [0.29, 0.717) is 17.1 Å². The van der Waals surface area contributed by atoms with E-state index in [4.69, 9.17) is 9.47 Å². The van der Waals surface area contributed by atoms with Crippen molar-refractivity contribution >= 4 is 0 Å². The third-order valence-corrected chi connectivity index (χ3v) is 3.08. The second-order valence-corrected chi connectivity index (χ2v) is 4.96. The number of aliphatic hydroxyl groups excluding tert-OH is 1. The van der Waals surface area contributed by atoms with Crippen molar-refractivity contribution in [2.45, 2.75) is 26.1 Å². The quantitative estimate of drug-likeness (QED) is 0.912. The zero-order valence-electron chi connectivity index (χ0n) is 12.3. The molecule has 2 aromatic carbocycles. The molecule has 112 valence electrons. The summed E-state index contributed by atoms with van der Waals surface area (Å²) in [5.41, 5.74) is 0.620. The number of para-hydroxylation sites is 1. The van der Waals surface area contributed by atoms with Gasteiger partial charge in [0.15, 0.2) is 0 Å². The van der Waals surface area contributed by atoms with Crippen molar-refractivity contribution in [3.63, 3.8) is 0 Å².